The molecular formula is C26H34N2O5. The van der Waals surface area contributed by atoms with E-state index in [2.05, 4.69) is 12.2 Å². The number of hydrogen-bond acceptors (Lipinski definition) is 5. The summed E-state index contributed by atoms with van der Waals surface area (Å²) in [7, 11) is 1.62. The maximum Gasteiger partial charge on any atom is 0.242 e. The van der Waals surface area contributed by atoms with Crippen LogP contribution >= 0.6 is 0 Å². The number of unbranched alkanes of at least 4 members (excludes halogenated alkanes) is 1. The molecule has 33 heavy (non-hydrogen) atoms. The van der Waals surface area contributed by atoms with E-state index in [1.807, 2.05) is 49.4 Å². The molecule has 0 saturated carbocycles. The average Bonchev–Trinajstić information content (AvgIpc) is 3.31. The first-order valence-corrected chi connectivity index (χ1v) is 11.6. The largest absolute Gasteiger partial charge is 0.497 e. The first kappa shape index (κ1) is 24.4. The molecular weight excluding hydrogens is 420 g/mol. The molecule has 1 N–H and O–H groups in total. The van der Waals surface area contributed by atoms with Gasteiger partial charge in [-0.25, -0.2) is 0 Å². The third-order valence-electron chi connectivity index (χ3n) is 5.79. The van der Waals surface area contributed by atoms with Gasteiger partial charge in [-0.3, -0.25) is 9.59 Å². The monoisotopic (exact) mass is 454 g/mol. The maximum absolute atomic E-state index is 13.4. The molecule has 0 aromatic heterocycles. The van der Waals surface area contributed by atoms with Gasteiger partial charge in [-0.15, -0.1) is 0 Å². The third kappa shape index (κ3) is 6.63. The van der Waals surface area contributed by atoms with Gasteiger partial charge >= 0.3 is 0 Å². The Kier molecular flexibility index (Phi) is 8.98. The minimum Gasteiger partial charge on any atom is -0.497 e. The van der Waals surface area contributed by atoms with Gasteiger partial charge in [-0.05, 0) is 54.7 Å². The molecule has 0 saturated heterocycles. The number of amides is 2. The van der Waals surface area contributed by atoms with Crippen LogP contribution in [0.25, 0.3) is 0 Å². The molecule has 0 spiro atoms. The number of carbonyl (C=O) groups is 2. The molecule has 2 amide bonds. The van der Waals surface area contributed by atoms with Crippen molar-refractivity contribution >= 4 is 11.8 Å². The van der Waals surface area contributed by atoms with E-state index in [-0.39, 0.29) is 18.6 Å². The Hall–Kier alpha value is -3.22. The number of fused-ring (bicyclic) bond motifs is 1. The Labute approximate surface area is 196 Å². The minimum atomic E-state index is -0.520. The minimum absolute atomic E-state index is 0.0547. The molecule has 0 aliphatic carbocycles. The third-order valence-corrected chi connectivity index (χ3v) is 5.79. The normalized spacial score (nSPS) is 12.8. The lowest BCUT2D eigenvalue weighted by atomic mass is 10.1. The van der Waals surface area contributed by atoms with E-state index in [9.17, 15) is 9.59 Å². The smallest absolute Gasteiger partial charge is 0.242 e. The Balaban J connectivity index is 1.73. The van der Waals surface area contributed by atoms with Gasteiger partial charge in [0.2, 0.25) is 18.6 Å². The van der Waals surface area contributed by atoms with Crippen molar-refractivity contribution in [2.45, 2.75) is 58.5 Å². The molecule has 0 radical (unpaired) electrons. The van der Waals surface area contributed by atoms with Gasteiger partial charge in [0.15, 0.2) is 11.5 Å². The predicted octanol–water partition coefficient (Wildman–Crippen LogP) is 4.08. The lowest BCUT2D eigenvalue weighted by Crippen LogP contribution is -2.49. The van der Waals surface area contributed by atoms with E-state index in [1.165, 1.54) is 0 Å². The van der Waals surface area contributed by atoms with Crippen molar-refractivity contribution in [3.8, 4) is 17.2 Å². The molecule has 0 unspecified atom stereocenters. The zero-order chi connectivity index (χ0) is 23.6. The van der Waals surface area contributed by atoms with Gasteiger partial charge in [0.05, 0.1) is 7.11 Å². The topological polar surface area (TPSA) is 77.1 Å². The van der Waals surface area contributed by atoms with Gasteiger partial charge in [0.1, 0.15) is 11.8 Å². The van der Waals surface area contributed by atoms with Crippen molar-refractivity contribution in [3.63, 3.8) is 0 Å². The summed E-state index contributed by atoms with van der Waals surface area (Å²) in [6.07, 6.45) is 3.32. The molecule has 1 aliphatic heterocycles. The van der Waals surface area contributed by atoms with Crippen molar-refractivity contribution in [1.29, 1.82) is 0 Å². The quantitative estimate of drug-likeness (QED) is 0.489. The summed E-state index contributed by atoms with van der Waals surface area (Å²) >= 11 is 0. The molecule has 0 bridgehead atoms. The van der Waals surface area contributed by atoms with E-state index < -0.39 is 6.04 Å². The fourth-order valence-corrected chi connectivity index (χ4v) is 3.84. The van der Waals surface area contributed by atoms with E-state index >= 15 is 0 Å². The number of methoxy groups -OCH3 is 1. The van der Waals surface area contributed by atoms with E-state index in [4.69, 9.17) is 14.2 Å². The van der Waals surface area contributed by atoms with E-state index in [0.717, 1.165) is 35.5 Å². The molecule has 7 heteroatoms. The van der Waals surface area contributed by atoms with Crippen LogP contribution in [-0.2, 0) is 22.6 Å². The van der Waals surface area contributed by atoms with E-state index in [1.54, 1.807) is 12.0 Å². The summed E-state index contributed by atoms with van der Waals surface area (Å²) in [5.41, 5.74) is 1.95. The number of nitrogens with one attached hydrogen (secondary N) is 1. The molecule has 1 atom stereocenters. The van der Waals surface area contributed by atoms with Crippen LogP contribution in [0.5, 0.6) is 17.2 Å². The van der Waals surface area contributed by atoms with Crippen molar-refractivity contribution in [2.75, 3.05) is 20.4 Å². The number of benzene rings is 2. The second-order valence-electron chi connectivity index (χ2n) is 8.13. The SMILES string of the molecule is CCCCNC(=O)[C@@H](CC)N(Cc1ccc(OC)cc1)C(=O)CCc1ccc2c(c1)OCO2. The van der Waals surface area contributed by atoms with Gasteiger partial charge in [-0.1, -0.05) is 38.5 Å². The molecule has 2 aromatic rings. The van der Waals surface area contributed by atoms with Crippen LogP contribution in [0.1, 0.15) is 50.7 Å². The van der Waals surface area contributed by atoms with Crippen molar-refractivity contribution in [2.24, 2.45) is 0 Å². The highest BCUT2D eigenvalue weighted by Gasteiger charge is 2.28. The lowest BCUT2D eigenvalue weighted by molar-refractivity contribution is -0.141. The van der Waals surface area contributed by atoms with Crippen molar-refractivity contribution in [1.82, 2.24) is 10.2 Å². The summed E-state index contributed by atoms with van der Waals surface area (Å²) in [4.78, 5) is 28.0. The molecule has 3 rings (SSSR count). The first-order valence-electron chi connectivity index (χ1n) is 11.6. The fraction of sp³-hybridized carbons (Fsp3) is 0.462. The van der Waals surface area contributed by atoms with Crippen molar-refractivity contribution < 1.29 is 23.8 Å². The second-order valence-corrected chi connectivity index (χ2v) is 8.13. The number of carbonyl (C=O) groups excluding carboxylic acids is 2. The Morgan fingerprint density at radius 1 is 1.06 bits per heavy atom. The molecule has 1 heterocycles. The van der Waals surface area contributed by atoms with Crippen LogP contribution < -0.4 is 19.5 Å². The van der Waals surface area contributed by atoms with Gasteiger partial charge in [-0.2, -0.15) is 0 Å². The van der Waals surface area contributed by atoms with Gasteiger partial charge < -0.3 is 24.4 Å². The summed E-state index contributed by atoms with van der Waals surface area (Å²) in [5.74, 6) is 2.03. The predicted molar refractivity (Wildman–Crippen MR) is 126 cm³/mol. The van der Waals surface area contributed by atoms with Gasteiger partial charge in [0, 0.05) is 19.5 Å². The summed E-state index contributed by atoms with van der Waals surface area (Å²) in [5, 5.41) is 2.99. The van der Waals surface area contributed by atoms with Crippen LogP contribution in [0.4, 0.5) is 0 Å². The van der Waals surface area contributed by atoms with Crippen LogP contribution in [0.15, 0.2) is 42.5 Å². The summed E-state index contributed by atoms with van der Waals surface area (Å²) in [6.45, 7) is 5.23. The average molecular weight is 455 g/mol. The molecule has 7 nitrogen and oxygen atoms in total. The Morgan fingerprint density at radius 2 is 1.79 bits per heavy atom. The molecule has 2 aromatic carbocycles. The van der Waals surface area contributed by atoms with Gasteiger partial charge in [0.25, 0.3) is 0 Å². The number of aryl methyl sites for hydroxylation is 1. The summed E-state index contributed by atoms with van der Waals surface area (Å²) < 4.78 is 16.0. The number of hydrogen-bond donors (Lipinski definition) is 1. The van der Waals surface area contributed by atoms with Crippen LogP contribution in [0.2, 0.25) is 0 Å². The summed E-state index contributed by atoms with van der Waals surface area (Å²) in [6, 6.07) is 12.8. The second kappa shape index (κ2) is 12.1. The van der Waals surface area contributed by atoms with Crippen LogP contribution in [-0.4, -0.2) is 43.2 Å². The molecule has 178 valence electrons. The standard InChI is InChI=1S/C26H34N2O5/c1-4-6-15-27-26(30)22(5-2)28(17-20-7-11-21(31-3)12-8-20)25(29)14-10-19-9-13-23-24(16-19)33-18-32-23/h7-9,11-13,16,22H,4-6,10,14-15,17-18H2,1-3H3,(H,27,30)/t22-/m1/s1. The zero-order valence-electron chi connectivity index (χ0n) is 19.8. The highest BCUT2D eigenvalue weighted by molar-refractivity contribution is 5.87. The highest BCUT2D eigenvalue weighted by Crippen LogP contribution is 2.32. The van der Waals surface area contributed by atoms with Crippen molar-refractivity contribution in [3.05, 3.63) is 53.6 Å². The van der Waals surface area contributed by atoms with E-state index in [0.29, 0.717) is 38.1 Å². The first-order chi connectivity index (χ1) is 16.0. The number of rotatable bonds is 12. The highest BCUT2D eigenvalue weighted by atomic mass is 16.7. The Morgan fingerprint density at radius 3 is 2.48 bits per heavy atom. The molecule has 1 aliphatic rings. The Bertz CT molecular complexity index is 929. The maximum atomic E-state index is 13.4. The van der Waals surface area contributed by atoms with Crippen LogP contribution in [0, 0.1) is 0 Å². The number of ether oxygens (including phenoxy) is 3. The number of nitrogens with zero attached hydrogens (tertiary/aromatic N) is 1. The fourth-order valence-electron chi connectivity index (χ4n) is 3.84. The zero-order valence-corrected chi connectivity index (χ0v) is 19.8. The van der Waals surface area contributed by atoms with Crippen LogP contribution in [0.3, 0.4) is 0 Å². The molecule has 0 fully saturated rings. The lowest BCUT2D eigenvalue weighted by Gasteiger charge is -2.31.